The van der Waals surface area contributed by atoms with Crippen LogP contribution in [0.5, 0.6) is 0 Å². The van der Waals surface area contributed by atoms with Gasteiger partial charge in [-0.2, -0.15) is 0 Å². The van der Waals surface area contributed by atoms with Gasteiger partial charge in [-0.25, -0.2) is 4.79 Å². The molecule has 0 bridgehead atoms. The summed E-state index contributed by atoms with van der Waals surface area (Å²) in [4.78, 5) is 27.5. The topological polar surface area (TPSA) is 73.5 Å². The molecule has 1 aliphatic carbocycles. The standard InChI is InChI=1S/C21H32N4O2/c1-22-19(26)18(17-10-4-2-5-11-17)24-20(27)23-16-21(12-6-3-7-13-21)25-14-8-9-15-25/h2,4-5,10-11,18H,3,6-9,12-16H2,1H3,(H,22,26)(H2,23,24,27)/t18-/m0/s1. The fraction of sp³-hybridized carbons (Fsp3) is 0.619. The molecule has 1 heterocycles. The van der Waals surface area contributed by atoms with Gasteiger partial charge in [0.25, 0.3) is 0 Å². The van der Waals surface area contributed by atoms with E-state index in [1.807, 2.05) is 30.3 Å². The molecule has 3 amide bonds. The first-order valence-corrected chi connectivity index (χ1v) is 10.2. The highest BCUT2D eigenvalue weighted by Crippen LogP contribution is 2.35. The zero-order chi connectivity index (χ0) is 19.1. The van der Waals surface area contributed by atoms with Crippen molar-refractivity contribution in [2.75, 3.05) is 26.7 Å². The molecule has 0 spiro atoms. The van der Waals surface area contributed by atoms with Crippen LogP contribution in [-0.4, -0.2) is 49.1 Å². The number of likely N-dealkylation sites (tertiary alicyclic amines) is 1. The van der Waals surface area contributed by atoms with Crippen LogP contribution >= 0.6 is 0 Å². The van der Waals surface area contributed by atoms with Crippen LogP contribution in [0.25, 0.3) is 0 Å². The highest BCUT2D eigenvalue weighted by molar-refractivity contribution is 5.87. The van der Waals surface area contributed by atoms with E-state index in [9.17, 15) is 9.59 Å². The Balaban J connectivity index is 1.63. The van der Waals surface area contributed by atoms with Crippen molar-refractivity contribution in [1.29, 1.82) is 0 Å². The van der Waals surface area contributed by atoms with Crippen LogP contribution in [0.3, 0.4) is 0 Å². The predicted molar refractivity (Wildman–Crippen MR) is 106 cm³/mol. The number of nitrogens with one attached hydrogen (secondary N) is 3. The highest BCUT2D eigenvalue weighted by Gasteiger charge is 2.39. The van der Waals surface area contributed by atoms with E-state index in [0.29, 0.717) is 6.54 Å². The lowest BCUT2D eigenvalue weighted by Gasteiger charge is -2.45. The van der Waals surface area contributed by atoms with Gasteiger partial charge in [0.15, 0.2) is 0 Å². The maximum absolute atomic E-state index is 12.6. The summed E-state index contributed by atoms with van der Waals surface area (Å²) in [6.45, 7) is 2.91. The number of hydrogen-bond acceptors (Lipinski definition) is 3. The summed E-state index contributed by atoms with van der Waals surface area (Å²) in [6.07, 6.45) is 8.53. The van der Waals surface area contributed by atoms with E-state index in [1.54, 1.807) is 7.05 Å². The Morgan fingerprint density at radius 1 is 1.04 bits per heavy atom. The Kier molecular flexibility index (Phi) is 6.72. The Morgan fingerprint density at radius 2 is 1.70 bits per heavy atom. The van der Waals surface area contributed by atoms with Crippen LogP contribution in [0.2, 0.25) is 0 Å². The summed E-state index contributed by atoms with van der Waals surface area (Å²) >= 11 is 0. The summed E-state index contributed by atoms with van der Waals surface area (Å²) in [5, 5.41) is 8.57. The monoisotopic (exact) mass is 372 g/mol. The van der Waals surface area contributed by atoms with Gasteiger partial charge >= 0.3 is 6.03 Å². The molecule has 0 radical (unpaired) electrons. The van der Waals surface area contributed by atoms with Gasteiger partial charge in [-0.1, -0.05) is 49.6 Å². The molecular formula is C21H32N4O2. The molecule has 6 nitrogen and oxygen atoms in total. The highest BCUT2D eigenvalue weighted by atomic mass is 16.2. The van der Waals surface area contributed by atoms with Crippen molar-refractivity contribution in [2.45, 2.75) is 56.5 Å². The fourth-order valence-electron chi connectivity index (χ4n) is 4.52. The van der Waals surface area contributed by atoms with Gasteiger partial charge in [0, 0.05) is 19.1 Å². The number of urea groups is 1. The van der Waals surface area contributed by atoms with E-state index in [-0.39, 0.29) is 17.5 Å². The molecule has 2 aliphatic rings. The van der Waals surface area contributed by atoms with E-state index in [1.165, 1.54) is 32.1 Å². The Labute approximate surface area is 162 Å². The molecule has 1 atom stereocenters. The molecule has 148 valence electrons. The maximum Gasteiger partial charge on any atom is 0.315 e. The number of carbonyl (C=O) groups excluding carboxylic acids is 2. The molecule has 1 aromatic rings. The minimum absolute atomic E-state index is 0.0847. The second kappa shape index (κ2) is 9.22. The van der Waals surface area contributed by atoms with Crippen molar-refractivity contribution >= 4 is 11.9 Å². The van der Waals surface area contributed by atoms with Crippen molar-refractivity contribution < 1.29 is 9.59 Å². The van der Waals surface area contributed by atoms with E-state index >= 15 is 0 Å². The van der Waals surface area contributed by atoms with Crippen molar-refractivity contribution in [1.82, 2.24) is 20.9 Å². The van der Waals surface area contributed by atoms with Crippen LogP contribution in [0.15, 0.2) is 30.3 Å². The number of nitrogens with zero attached hydrogens (tertiary/aromatic N) is 1. The van der Waals surface area contributed by atoms with Gasteiger partial charge < -0.3 is 16.0 Å². The molecule has 1 aromatic carbocycles. The summed E-state index contributed by atoms with van der Waals surface area (Å²) < 4.78 is 0. The number of carbonyl (C=O) groups is 2. The number of rotatable bonds is 6. The Hall–Kier alpha value is -2.08. The Morgan fingerprint density at radius 3 is 2.33 bits per heavy atom. The maximum atomic E-state index is 12.6. The molecule has 3 rings (SSSR count). The first-order valence-electron chi connectivity index (χ1n) is 10.2. The van der Waals surface area contributed by atoms with Gasteiger partial charge in [0.1, 0.15) is 6.04 Å². The minimum atomic E-state index is -0.690. The third-order valence-electron chi connectivity index (χ3n) is 6.06. The summed E-state index contributed by atoms with van der Waals surface area (Å²) in [6, 6.07) is 8.37. The van der Waals surface area contributed by atoms with Gasteiger partial charge in [-0.3, -0.25) is 9.69 Å². The van der Waals surface area contributed by atoms with E-state index in [4.69, 9.17) is 0 Å². The number of likely N-dealkylation sites (N-methyl/N-ethyl adjacent to an activating group) is 1. The molecule has 0 aromatic heterocycles. The summed E-state index contributed by atoms with van der Waals surface area (Å²) in [7, 11) is 1.59. The lowest BCUT2D eigenvalue weighted by atomic mass is 9.80. The van der Waals surface area contributed by atoms with E-state index in [0.717, 1.165) is 31.5 Å². The lowest BCUT2D eigenvalue weighted by Crippen LogP contribution is -2.57. The molecule has 27 heavy (non-hydrogen) atoms. The molecule has 2 fully saturated rings. The Bertz CT molecular complexity index is 622. The lowest BCUT2D eigenvalue weighted by molar-refractivity contribution is -0.122. The van der Waals surface area contributed by atoms with E-state index in [2.05, 4.69) is 20.9 Å². The van der Waals surface area contributed by atoms with Crippen molar-refractivity contribution in [3.63, 3.8) is 0 Å². The second-order valence-electron chi connectivity index (χ2n) is 7.76. The summed E-state index contributed by atoms with van der Waals surface area (Å²) in [5.41, 5.74) is 0.861. The zero-order valence-electron chi connectivity index (χ0n) is 16.3. The smallest absolute Gasteiger partial charge is 0.315 e. The first-order chi connectivity index (χ1) is 13.1. The van der Waals surface area contributed by atoms with Crippen LogP contribution in [0.1, 0.15) is 56.6 Å². The van der Waals surface area contributed by atoms with Gasteiger partial charge in [0.2, 0.25) is 5.91 Å². The van der Waals surface area contributed by atoms with Crippen LogP contribution in [0.4, 0.5) is 4.79 Å². The normalized spacial score (nSPS) is 20.6. The molecule has 0 unspecified atom stereocenters. The number of hydrogen-bond donors (Lipinski definition) is 3. The van der Waals surface area contributed by atoms with Gasteiger partial charge in [0.05, 0.1) is 0 Å². The molecule has 6 heteroatoms. The van der Waals surface area contributed by atoms with Crippen molar-refractivity contribution in [3.05, 3.63) is 35.9 Å². The quantitative estimate of drug-likeness (QED) is 0.719. The molecule has 1 saturated carbocycles. The third-order valence-corrected chi connectivity index (χ3v) is 6.06. The number of amides is 3. The van der Waals surface area contributed by atoms with E-state index < -0.39 is 6.04 Å². The summed E-state index contributed by atoms with van der Waals surface area (Å²) in [5.74, 6) is -0.219. The fourth-order valence-corrected chi connectivity index (χ4v) is 4.52. The SMILES string of the molecule is CNC(=O)[C@@H](NC(=O)NCC1(N2CCCC2)CCCCC1)c1ccccc1. The van der Waals surface area contributed by atoms with Gasteiger partial charge in [-0.15, -0.1) is 0 Å². The minimum Gasteiger partial charge on any atom is -0.357 e. The van der Waals surface area contributed by atoms with Crippen molar-refractivity contribution in [3.8, 4) is 0 Å². The predicted octanol–water partition coefficient (Wildman–Crippen LogP) is 2.57. The van der Waals surface area contributed by atoms with Crippen LogP contribution < -0.4 is 16.0 Å². The third kappa shape index (κ3) is 4.80. The number of benzene rings is 1. The van der Waals surface area contributed by atoms with Crippen molar-refractivity contribution in [2.24, 2.45) is 0 Å². The second-order valence-corrected chi connectivity index (χ2v) is 7.76. The average Bonchev–Trinajstić information content (AvgIpc) is 3.27. The molecule has 1 aliphatic heterocycles. The van der Waals surface area contributed by atoms with Gasteiger partial charge in [-0.05, 0) is 44.3 Å². The zero-order valence-corrected chi connectivity index (χ0v) is 16.3. The van der Waals surface area contributed by atoms with Crippen LogP contribution in [0, 0.1) is 0 Å². The molecular weight excluding hydrogens is 340 g/mol. The first kappa shape index (κ1) is 19.7. The average molecular weight is 373 g/mol. The molecule has 3 N–H and O–H groups in total. The molecule has 1 saturated heterocycles. The van der Waals surface area contributed by atoms with Crippen LogP contribution in [-0.2, 0) is 4.79 Å². The largest absolute Gasteiger partial charge is 0.357 e.